The molecule has 1 fully saturated rings. The zero-order valence-electron chi connectivity index (χ0n) is 17.8. The molecule has 7 heteroatoms. The van der Waals surface area contributed by atoms with Crippen LogP contribution in [0.15, 0.2) is 42.5 Å². The smallest absolute Gasteiger partial charge is 0.337 e. The maximum Gasteiger partial charge on any atom is 0.337 e. The minimum atomic E-state index is -0.437. The Morgan fingerprint density at radius 2 is 1.67 bits per heavy atom. The first-order valence-corrected chi connectivity index (χ1v) is 10.2. The van der Waals surface area contributed by atoms with Gasteiger partial charge in [0.15, 0.2) is 0 Å². The van der Waals surface area contributed by atoms with Crippen LogP contribution in [-0.4, -0.2) is 63.7 Å². The summed E-state index contributed by atoms with van der Waals surface area (Å²) in [5.41, 5.74) is 2.41. The number of amides is 1. The van der Waals surface area contributed by atoms with Crippen LogP contribution in [-0.2, 0) is 4.74 Å². The number of piperazine rings is 1. The summed E-state index contributed by atoms with van der Waals surface area (Å²) in [7, 11) is 3.44. The van der Waals surface area contributed by atoms with Gasteiger partial charge in [0.05, 0.1) is 30.7 Å². The Hall–Kier alpha value is -3.06. The molecule has 0 aliphatic carbocycles. The molecule has 3 rings (SSSR count). The van der Waals surface area contributed by atoms with Crippen LogP contribution in [0.3, 0.4) is 0 Å². The molecule has 7 nitrogen and oxygen atoms in total. The van der Waals surface area contributed by atoms with E-state index in [2.05, 4.69) is 22.2 Å². The van der Waals surface area contributed by atoms with Crippen LogP contribution >= 0.6 is 0 Å². The highest BCUT2D eigenvalue weighted by molar-refractivity contribution is 6.07. The van der Waals surface area contributed by atoms with Gasteiger partial charge in [0, 0.05) is 31.7 Å². The average Bonchev–Trinajstić information content (AvgIpc) is 2.78. The Morgan fingerprint density at radius 1 is 1.00 bits per heavy atom. The lowest BCUT2D eigenvalue weighted by Crippen LogP contribution is -2.44. The topological polar surface area (TPSA) is 71.1 Å². The number of methoxy groups -OCH3 is 1. The lowest BCUT2D eigenvalue weighted by Gasteiger charge is -2.35. The van der Waals surface area contributed by atoms with Crippen LogP contribution in [0.1, 0.15) is 34.1 Å². The minimum Gasteiger partial charge on any atom is -0.494 e. The molecule has 0 aromatic heterocycles. The predicted octanol–water partition coefficient (Wildman–Crippen LogP) is 3.27. The molecule has 160 valence electrons. The first-order chi connectivity index (χ1) is 14.5. The summed E-state index contributed by atoms with van der Waals surface area (Å²) >= 11 is 0. The van der Waals surface area contributed by atoms with Crippen LogP contribution in [0.5, 0.6) is 5.75 Å². The van der Waals surface area contributed by atoms with Gasteiger partial charge >= 0.3 is 5.97 Å². The highest BCUT2D eigenvalue weighted by atomic mass is 16.5. The van der Waals surface area contributed by atoms with Gasteiger partial charge in [-0.15, -0.1) is 0 Å². The number of nitrogens with zero attached hydrogens (tertiary/aromatic N) is 2. The molecule has 0 spiro atoms. The second kappa shape index (κ2) is 10.1. The van der Waals surface area contributed by atoms with E-state index in [1.165, 1.54) is 7.11 Å². The fourth-order valence-electron chi connectivity index (χ4n) is 3.32. The van der Waals surface area contributed by atoms with E-state index >= 15 is 0 Å². The molecule has 0 atom stereocenters. The quantitative estimate of drug-likeness (QED) is 0.705. The Labute approximate surface area is 177 Å². The van der Waals surface area contributed by atoms with Crippen molar-refractivity contribution in [1.29, 1.82) is 0 Å². The second-order valence-corrected chi connectivity index (χ2v) is 7.34. The maximum atomic E-state index is 12.9. The van der Waals surface area contributed by atoms with E-state index in [0.717, 1.165) is 44.0 Å². The zero-order chi connectivity index (χ0) is 21.5. The first kappa shape index (κ1) is 21.6. The van der Waals surface area contributed by atoms with E-state index in [9.17, 15) is 9.59 Å². The molecule has 1 N–H and O–H groups in total. The molecular weight excluding hydrogens is 382 g/mol. The van der Waals surface area contributed by atoms with Crippen molar-refractivity contribution in [3.63, 3.8) is 0 Å². The number of hydrogen-bond acceptors (Lipinski definition) is 6. The van der Waals surface area contributed by atoms with Crippen LogP contribution in [0.4, 0.5) is 11.4 Å². The molecular formula is C23H29N3O4. The van der Waals surface area contributed by atoms with Gasteiger partial charge in [0.25, 0.3) is 5.91 Å². The van der Waals surface area contributed by atoms with Crippen molar-refractivity contribution >= 4 is 23.3 Å². The van der Waals surface area contributed by atoms with Crippen molar-refractivity contribution in [3.05, 3.63) is 53.6 Å². The van der Waals surface area contributed by atoms with Gasteiger partial charge in [-0.1, -0.05) is 6.92 Å². The number of ether oxygens (including phenoxy) is 2. The van der Waals surface area contributed by atoms with Crippen LogP contribution in [0.25, 0.3) is 0 Å². The number of carbonyl (C=O) groups excluding carboxylic acids is 2. The Bertz CT molecular complexity index is 875. The summed E-state index contributed by atoms with van der Waals surface area (Å²) in [5, 5.41) is 2.97. The fraction of sp³-hybridized carbons (Fsp3) is 0.391. The number of rotatable bonds is 7. The molecule has 1 heterocycles. The molecule has 2 aromatic carbocycles. The number of esters is 1. The van der Waals surface area contributed by atoms with Crippen molar-refractivity contribution in [1.82, 2.24) is 4.90 Å². The van der Waals surface area contributed by atoms with Gasteiger partial charge < -0.3 is 24.6 Å². The summed E-state index contributed by atoms with van der Waals surface area (Å²) in [5.74, 6) is 0.0569. The van der Waals surface area contributed by atoms with Crippen molar-refractivity contribution in [2.24, 2.45) is 0 Å². The number of nitrogens with one attached hydrogen (secondary N) is 1. The van der Waals surface area contributed by atoms with Crippen molar-refractivity contribution in [2.75, 3.05) is 57.2 Å². The third kappa shape index (κ3) is 5.30. The molecule has 1 aliphatic heterocycles. The molecule has 2 aromatic rings. The van der Waals surface area contributed by atoms with Gasteiger partial charge in [0.1, 0.15) is 5.75 Å². The molecule has 30 heavy (non-hydrogen) atoms. The van der Waals surface area contributed by atoms with E-state index in [-0.39, 0.29) is 5.91 Å². The summed E-state index contributed by atoms with van der Waals surface area (Å²) in [6, 6.07) is 12.3. The molecule has 1 amide bonds. The van der Waals surface area contributed by atoms with Gasteiger partial charge in [-0.3, -0.25) is 4.79 Å². The van der Waals surface area contributed by atoms with Gasteiger partial charge in [0.2, 0.25) is 0 Å². The molecule has 0 radical (unpaired) electrons. The van der Waals surface area contributed by atoms with Crippen molar-refractivity contribution < 1.29 is 19.1 Å². The average molecular weight is 412 g/mol. The second-order valence-electron chi connectivity index (χ2n) is 7.34. The molecule has 0 bridgehead atoms. The zero-order valence-corrected chi connectivity index (χ0v) is 17.8. The van der Waals surface area contributed by atoms with Gasteiger partial charge in [-0.05, 0) is 55.9 Å². The third-order valence-electron chi connectivity index (χ3n) is 5.10. The van der Waals surface area contributed by atoms with E-state index < -0.39 is 5.97 Å². The monoisotopic (exact) mass is 411 g/mol. The Balaban J connectivity index is 1.82. The fourth-order valence-corrected chi connectivity index (χ4v) is 3.32. The van der Waals surface area contributed by atoms with E-state index in [1.54, 1.807) is 36.4 Å². The highest BCUT2D eigenvalue weighted by Gasteiger charge is 2.20. The Kier molecular flexibility index (Phi) is 7.30. The third-order valence-corrected chi connectivity index (χ3v) is 5.10. The highest BCUT2D eigenvalue weighted by Crippen LogP contribution is 2.29. The van der Waals surface area contributed by atoms with Crippen molar-refractivity contribution in [3.8, 4) is 5.75 Å². The predicted molar refractivity (Wildman–Crippen MR) is 118 cm³/mol. The Morgan fingerprint density at radius 3 is 2.30 bits per heavy atom. The summed E-state index contributed by atoms with van der Waals surface area (Å²) < 4.78 is 10.4. The molecule has 0 unspecified atom stereocenters. The largest absolute Gasteiger partial charge is 0.494 e. The van der Waals surface area contributed by atoms with E-state index in [0.29, 0.717) is 23.4 Å². The van der Waals surface area contributed by atoms with E-state index in [4.69, 9.17) is 9.47 Å². The van der Waals surface area contributed by atoms with Crippen LogP contribution in [0.2, 0.25) is 0 Å². The normalized spacial score (nSPS) is 14.3. The van der Waals surface area contributed by atoms with Gasteiger partial charge in [-0.2, -0.15) is 0 Å². The minimum absolute atomic E-state index is 0.241. The standard InChI is InChI=1S/C23H29N3O4/c1-4-15-30-19-8-5-17(6-9-19)22(27)24-20-16-18(23(28)29-3)7-10-21(20)26-13-11-25(2)12-14-26/h5-10,16H,4,11-15H2,1-3H3,(H,24,27). The molecule has 1 saturated heterocycles. The lowest BCUT2D eigenvalue weighted by molar-refractivity contribution is 0.0600. The summed E-state index contributed by atoms with van der Waals surface area (Å²) in [6.45, 7) is 6.25. The summed E-state index contributed by atoms with van der Waals surface area (Å²) in [4.78, 5) is 29.4. The molecule has 1 aliphatic rings. The number of anilines is 2. The van der Waals surface area contributed by atoms with Crippen LogP contribution < -0.4 is 15.0 Å². The SMILES string of the molecule is CCCOc1ccc(C(=O)Nc2cc(C(=O)OC)ccc2N2CCN(C)CC2)cc1. The van der Waals surface area contributed by atoms with Gasteiger partial charge in [-0.25, -0.2) is 4.79 Å². The van der Waals surface area contributed by atoms with Crippen molar-refractivity contribution in [2.45, 2.75) is 13.3 Å². The number of likely N-dealkylation sites (N-methyl/N-ethyl adjacent to an activating group) is 1. The molecule has 0 saturated carbocycles. The number of benzene rings is 2. The lowest BCUT2D eigenvalue weighted by atomic mass is 10.1. The number of hydrogen-bond donors (Lipinski definition) is 1. The number of carbonyl (C=O) groups is 2. The van der Waals surface area contributed by atoms with E-state index in [1.807, 2.05) is 13.0 Å². The maximum absolute atomic E-state index is 12.9. The summed E-state index contributed by atoms with van der Waals surface area (Å²) in [6.07, 6.45) is 0.924. The first-order valence-electron chi connectivity index (χ1n) is 10.2. The van der Waals surface area contributed by atoms with Crippen LogP contribution in [0, 0.1) is 0 Å².